The van der Waals surface area contributed by atoms with Crippen molar-refractivity contribution in [3.05, 3.63) is 35.4 Å². The summed E-state index contributed by atoms with van der Waals surface area (Å²) < 4.78 is 0. The van der Waals surface area contributed by atoms with Gasteiger partial charge in [0.1, 0.15) is 0 Å². The number of rotatable bonds is 3. The number of likely N-dealkylation sites (tertiary alicyclic amines) is 1. The van der Waals surface area contributed by atoms with Crippen LogP contribution >= 0.6 is 0 Å². The van der Waals surface area contributed by atoms with Crippen LogP contribution in [0.1, 0.15) is 37.3 Å². The quantitative estimate of drug-likeness (QED) is 0.794. The van der Waals surface area contributed by atoms with E-state index < -0.39 is 0 Å². The second-order valence-electron chi connectivity index (χ2n) is 4.90. The molecule has 1 aliphatic heterocycles. The van der Waals surface area contributed by atoms with Crippen LogP contribution in [-0.4, -0.2) is 18.0 Å². The molecule has 1 heterocycles. The van der Waals surface area contributed by atoms with E-state index in [-0.39, 0.29) is 0 Å². The van der Waals surface area contributed by atoms with E-state index in [1.165, 1.54) is 37.9 Å². The van der Waals surface area contributed by atoms with Gasteiger partial charge in [0.2, 0.25) is 0 Å². The molecule has 0 aliphatic carbocycles. The number of piperidine rings is 1. The van der Waals surface area contributed by atoms with Gasteiger partial charge in [-0.15, -0.1) is 0 Å². The fraction of sp³-hybridized carbons (Fsp3) is 0.533. The van der Waals surface area contributed by atoms with Crippen LogP contribution in [0, 0.1) is 17.2 Å². The Balaban J connectivity index is 1.96. The standard InChI is InChI=1S/C15H20N2/c1-2-13-7-9-17(10-8-13)12-15-6-4-3-5-14(15)11-16/h3-6,13H,2,7-10,12H2,1H3. The van der Waals surface area contributed by atoms with Crippen LogP contribution in [0.4, 0.5) is 0 Å². The van der Waals surface area contributed by atoms with E-state index in [9.17, 15) is 0 Å². The SMILES string of the molecule is CCC1CCN(Cc2ccccc2C#N)CC1. The normalized spacial score (nSPS) is 17.9. The monoisotopic (exact) mass is 228 g/mol. The third-order valence-electron chi connectivity index (χ3n) is 3.82. The summed E-state index contributed by atoms with van der Waals surface area (Å²) >= 11 is 0. The van der Waals surface area contributed by atoms with E-state index >= 15 is 0 Å². The third kappa shape index (κ3) is 3.08. The lowest BCUT2D eigenvalue weighted by Gasteiger charge is -2.31. The topological polar surface area (TPSA) is 27.0 Å². The molecular formula is C15H20N2. The summed E-state index contributed by atoms with van der Waals surface area (Å²) in [5, 5.41) is 9.06. The van der Waals surface area contributed by atoms with Crippen molar-refractivity contribution in [2.75, 3.05) is 13.1 Å². The summed E-state index contributed by atoms with van der Waals surface area (Å²) in [4.78, 5) is 2.47. The lowest BCUT2D eigenvalue weighted by atomic mass is 9.94. The molecule has 0 saturated carbocycles. The Kier molecular flexibility index (Phi) is 4.17. The van der Waals surface area contributed by atoms with E-state index in [1.54, 1.807) is 0 Å². The molecule has 2 rings (SSSR count). The van der Waals surface area contributed by atoms with Crippen LogP contribution in [0.3, 0.4) is 0 Å². The minimum Gasteiger partial charge on any atom is -0.299 e. The molecule has 2 heteroatoms. The second kappa shape index (κ2) is 5.84. The van der Waals surface area contributed by atoms with Gasteiger partial charge in [0.25, 0.3) is 0 Å². The van der Waals surface area contributed by atoms with Crippen LogP contribution in [0.15, 0.2) is 24.3 Å². The Morgan fingerprint density at radius 3 is 2.65 bits per heavy atom. The molecule has 0 amide bonds. The number of nitrogens with zero attached hydrogens (tertiary/aromatic N) is 2. The highest BCUT2D eigenvalue weighted by molar-refractivity contribution is 5.37. The Morgan fingerprint density at radius 1 is 1.29 bits per heavy atom. The molecule has 1 saturated heterocycles. The van der Waals surface area contributed by atoms with E-state index in [4.69, 9.17) is 5.26 Å². The lowest BCUT2D eigenvalue weighted by Crippen LogP contribution is -2.33. The van der Waals surface area contributed by atoms with Crippen molar-refractivity contribution in [1.29, 1.82) is 5.26 Å². The van der Waals surface area contributed by atoms with Gasteiger partial charge in [-0.1, -0.05) is 31.5 Å². The van der Waals surface area contributed by atoms with E-state index in [2.05, 4.69) is 24.0 Å². The van der Waals surface area contributed by atoms with Gasteiger partial charge in [-0.2, -0.15) is 5.26 Å². The van der Waals surface area contributed by atoms with Crippen molar-refractivity contribution in [3.8, 4) is 6.07 Å². The highest BCUT2D eigenvalue weighted by Crippen LogP contribution is 2.22. The van der Waals surface area contributed by atoms with Gasteiger partial charge < -0.3 is 0 Å². The summed E-state index contributed by atoms with van der Waals surface area (Å²) in [7, 11) is 0. The first kappa shape index (κ1) is 12.1. The van der Waals surface area contributed by atoms with Gasteiger partial charge in [0.05, 0.1) is 11.6 Å². The minimum absolute atomic E-state index is 0.824. The van der Waals surface area contributed by atoms with Gasteiger partial charge >= 0.3 is 0 Å². The Hall–Kier alpha value is -1.33. The first-order valence-electron chi connectivity index (χ1n) is 6.54. The number of benzene rings is 1. The summed E-state index contributed by atoms with van der Waals surface area (Å²) in [6.07, 6.45) is 3.93. The molecule has 0 spiro atoms. The molecule has 1 aliphatic rings. The Bertz CT molecular complexity index is 398. The maximum atomic E-state index is 9.06. The van der Waals surface area contributed by atoms with Crippen LogP contribution in [-0.2, 0) is 6.54 Å². The molecule has 0 N–H and O–H groups in total. The van der Waals surface area contributed by atoms with E-state index in [1.807, 2.05) is 18.2 Å². The molecular weight excluding hydrogens is 208 g/mol. The Labute approximate surface area is 104 Å². The van der Waals surface area contributed by atoms with Crippen LogP contribution in [0.25, 0.3) is 0 Å². The fourth-order valence-electron chi connectivity index (χ4n) is 2.56. The molecule has 0 atom stereocenters. The molecule has 0 unspecified atom stereocenters. The Morgan fingerprint density at radius 2 is 2.00 bits per heavy atom. The number of hydrogen-bond acceptors (Lipinski definition) is 2. The first-order chi connectivity index (χ1) is 8.33. The van der Waals surface area contributed by atoms with Crippen LogP contribution < -0.4 is 0 Å². The minimum atomic E-state index is 0.824. The fourth-order valence-corrected chi connectivity index (χ4v) is 2.56. The maximum absolute atomic E-state index is 9.06. The molecule has 90 valence electrons. The van der Waals surface area contributed by atoms with Gasteiger partial charge in [0, 0.05) is 6.54 Å². The van der Waals surface area contributed by atoms with Gasteiger partial charge in [-0.05, 0) is 43.5 Å². The molecule has 17 heavy (non-hydrogen) atoms. The maximum Gasteiger partial charge on any atom is 0.0995 e. The van der Waals surface area contributed by atoms with E-state index in [0.717, 1.165) is 18.0 Å². The smallest absolute Gasteiger partial charge is 0.0995 e. The summed E-state index contributed by atoms with van der Waals surface area (Å²) in [6.45, 7) is 5.57. The van der Waals surface area contributed by atoms with Gasteiger partial charge in [-0.25, -0.2) is 0 Å². The zero-order chi connectivity index (χ0) is 12.1. The molecule has 1 aromatic rings. The molecule has 2 nitrogen and oxygen atoms in total. The summed E-state index contributed by atoms with van der Waals surface area (Å²) in [5.74, 6) is 0.914. The molecule has 0 aromatic heterocycles. The first-order valence-corrected chi connectivity index (χ1v) is 6.54. The van der Waals surface area contributed by atoms with Crippen molar-refractivity contribution in [1.82, 2.24) is 4.90 Å². The summed E-state index contributed by atoms with van der Waals surface area (Å²) in [5.41, 5.74) is 2.00. The lowest BCUT2D eigenvalue weighted by molar-refractivity contribution is 0.175. The average molecular weight is 228 g/mol. The predicted octanol–water partition coefficient (Wildman–Crippen LogP) is 3.18. The third-order valence-corrected chi connectivity index (χ3v) is 3.82. The molecule has 0 radical (unpaired) electrons. The molecule has 0 bridgehead atoms. The zero-order valence-electron chi connectivity index (χ0n) is 10.5. The summed E-state index contributed by atoms with van der Waals surface area (Å²) in [6, 6.07) is 10.2. The number of nitriles is 1. The average Bonchev–Trinajstić information content (AvgIpc) is 2.40. The zero-order valence-corrected chi connectivity index (χ0v) is 10.5. The van der Waals surface area contributed by atoms with Crippen molar-refractivity contribution < 1.29 is 0 Å². The van der Waals surface area contributed by atoms with Gasteiger partial charge in [0.15, 0.2) is 0 Å². The highest BCUT2D eigenvalue weighted by Gasteiger charge is 2.18. The van der Waals surface area contributed by atoms with Gasteiger partial charge in [-0.3, -0.25) is 4.90 Å². The van der Waals surface area contributed by atoms with Crippen molar-refractivity contribution in [2.45, 2.75) is 32.7 Å². The van der Waals surface area contributed by atoms with Crippen LogP contribution in [0.2, 0.25) is 0 Å². The van der Waals surface area contributed by atoms with Crippen LogP contribution in [0.5, 0.6) is 0 Å². The molecule has 1 fully saturated rings. The largest absolute Gasteiger partial charge is 0.299 e. The predicted molar refractivity (Wildman–Crippen MR) is 69.4 cm³/mol. The van der Waals surface area contributed by atoms with Crippen molar-refractivity contribution in [3.63, 3.8) is 0 Å². The highest BCUT2D eigenvalue weighted by atomic mass is 15.1. The molecule has 1 aromatic carbocycles. The second-order valence-corrected chi connectivity index (χ2v) is 4.90. The van der Waals surface area contributed by atoms with E-state index in [0.29, 0.717) is 0 Å². The number of hydrogen-bond donors (Lipinski definition) is 0. The van der Waals surface area contributed by atoms with Crippen molar-refractivity contribution in [2.24, 2.45) is 5.92 Å². The van der Waals surface area contributed by atoms with Crippen molar-refractivity contribution >= 4 is 0 Å².